The van der Waals surface area contributed by atoms with Crippen LogP contribution in [0.1, 0.15) is 26.1 Å². The molecule has 1 rings (SSSR count). The van der Waals surface area contributed by atoms with Crippen LogP contribution in [0.2, 0.25) is 0 Å². The lowest BCUT2D eigenvalue weighted by atomic mass is 10.1. The Morgan fingerprint density at radius 1 is 1.47 bits per heavy atom. The molecule has 0 fully saturated rings. The van der Waals surface area contributed by atoms with Crippen molar-refractivity contribution in [2.24, 2.45) is 13.0 Å². The number of aromatic nitrogens is 3. The minimum absolute atomic E-state index is 0.364. The monoisotopic (exact) mass is 235 g/mol. The average Bonchev–Trinajstić information content (AvgIpc) is 2.47. The largest absolute Gasteiger partial charge is 0.368 e. The zero-order chi connectivity index (χ0) is 11.6. The number of hydrogen-bond acceptors (Lipinski definition) is 4. The van der Waals surface area contributed by atoms with Crippen LogP contribution < -0.4 is 0 Å². The molecule has 1 heterocycles. The molecule has 0 aliphatic heterocycles. The molecular formula is C8H14FN3O2S. The van der Waals surface area contributed by atoms with Crippen LogP contribution in [0.5, 0.6) is 0 Å². The van der Waals surface area contributed by atoms with E-state index in [-0.39, 0.29) is 0 Å². The molecule has 86 valence electrons. The van der Waals surface area contributed by atoms with Gasteiger partial charge in [-0.15, -0.1) is 10.2 Å². The van der Waals surface area contributed by atoms with Gasteiger partial charge in [-0.2, -0.15) is 8.42 Å². The molecule has 0 radical (unpaired) electrons. The van der Waals surface area contributed by atoms with E-state index >= 15 is 0 Å². The Morgan fingerprint density at radius 2 is 2.07 bits per heavy atom. The predicted molar refractivity (Wildman–Crippen MR) is 52.5 cm³/mol. The second-order valence-corrected chi connectivity index (χ2v) is 4.85. The van der Waals surface area contributed by atoms with E-state index in [4.69, 9.17) is 0 Å². The highest BCUT2D eigenvalue weighted by atomic mass is 32.3. The first-order valence-electron chi connectivity index (χ1n) is 4.69. The summed E-state index contributed by atoms with van der Waals surface area (Å²) in [6, 6.07) is 0. The van der Waals surface area contributed by atoms with Gasteiger partial charge in [0.15, 0.2) is 0 Å². The summed E-state index contributed by atoms with van der Waals surface area (Å²) in [5.41, 5.74) is 0. The Morgan fingerprint density at radius 3 is 2.47 bits per heavy atom. The third-order valence-electron chi connectivity index (χ3n) is 2.37. The van der Waals surface area contributed by atoms with Crippen molar-refractivity contribution in [3.05, 3.63) is 5.82 Å². The van der Waals surface area contributed by atoms with Crippen LogP contribution >= 0.6 is 0 Å². The van der Waals surface area contributed by atoms with E-state index in [0.717, 1.165) is 6.42 Å². The van der Waals surface area contributed by atoms with Gasteiger partial charge < -0.3 is 4.57 Å². The van der Waals surface area contributed by atoms with Gasteiger partial charge in [-0.05, 0) is 5.92 Å². The van der Waals surface area contributed by atoms with Gasteiger partial charge >= 0.3 is 10.2 Å². The van der Waals surface area contributed by atoms with Crippen molar-refractivity contribution < 1.29 is 12.3 Å². The third kappa shape index (κ3) is 2.74. The lowest BCUT2D eigenvalue weighted by molar-refractivity contribution is 0.515. The zero-order valence-electron chi connectivity index (χ0n) is 8.94. The van der Waals surface area contributed by atoms with Gasteiger partial charge in [0.05, 0.1) is 0 Å². The Balaban J connectivity index is 3.00. The van der Waals surface area contributed by atoms with Crippen LogP contribution in [0.4, 0.5) is 3.89 Å². The van der Waals surface area contributed by atoms with E-state index in [2.05, 4.69) is 10.2 Å². The third-order valence-corrected chi connectivity index (χ3v) is 3.16. The summed E-state index contributed by atoms with van der Waals surface area (Å²) in [5.74, 6) is 0.851. The molecule has 0 amide bonds. The summed E-state index contributed by atoms with van der Waals surface area (Å²) >= 11 is 0. The van der Waals surface area contributed by atoms with Gasteiger partial charge in [0, 0.05) is 13.5 Å². The molecule has 0 aliphatic rings. The lowest BCUT2D eigenvalue weighted by Crippen LogP contribution is -2.08. The molecule has 1 aromatic heterocycles. The standard InChI is InChI=1S/C8H14FN3O2S/c1-4-6(2)5-7-10-11-8(12(7)3)15(9,13)14/h6H,4-5H2,1-3H3. The molecule has 0 bridgehead atoms. The van der Waals surface area contributed by atoms with E-state index in [9.17, 15) is 12.3 Å². The normalized spacial score (nSPS) is 14.1. The number of hydrogen-bond donors (Lipinski definition) is 0. The molecule has 7 heteroatoms. The van der Waals surface area contributed by atoms with E-state index < -0.39 is 15.4 Å². The maximum atomic E-state index is 12.7. The Hall–Kier alpha value is -0.980. The second-order valence-electron chi connectivity index (χ2n) is 3.61. The quantitative estimate of drug-likeness (QED) is 0.732. The van der Waals surface area contributed by atoms with Crippen LogP contribution in [0.15, 0.2) is 5.16 Å². The minimum atomic E-state index is -4.77. The molecule has 5 nitrogen and oxygen atoms in total. The summed E-state index contributed by atoms with van der Waals surface area (Å²) in [6.45, 7) is 4.03. The lowest BCUT2D eigenvalue weighted by Gasteiger charge is -2.06. The van der Waals surface area contributed by atoms with Crippen LogP contribution in [-0.2, 0) is 23.7 Å². The van der Waals surface area contributed by atoms with Crippen molar-refractivity contribution in [3.8, 4) is 0 Å². The fourth-order valence-corrected chi connectivity index (χ4v) is 1.76. The summed E-state index contributed by atoms with van der Waals surface area (Å²) in [6.07, 6.45) is 1.54. The molecule has 1 aromatic rings. The average molecular weight is 235 g/mol. The van der Waals surface area contributed by atoms with Gasteiger partial charge in [-0.25, -0.2) is 0 Å². The maximum absolute atomic E-state index is 12.7. The molecule has 0 aliphatic carbocycles. The second kappa shape index (κ2) is 4.26. The smallest absolute Gasteiger partial charge is 0.303 e. The fourth-order valence-electron chi connectivity index (χ4n) is 1.19. The summed E-state index contributed by atoms with van der Waals surface area (Å²) in [7, 11) is -3.32. The van der Waals surface area contributed by atoms with E-state index in [0.29, 0.717) is 18.2 Å². The molecule has 0 saturated heterocycles. The van der Waals surface area contributed by atoms with Crippen molar-refractivity contribution in [2.75, 3.05) is 0 Å². The van der Waals surface area contributed by atoms with E-state index in [1.165, 1.54) is 11.6 Å². The Bertz CT molecular complexity index is 441. The predicted octanol–water partition coefficient (Wildman–Crippen LogP) is 1.06. The number of nitrogens with zero attached hydrogens (tertiary/aromatic N) is 3. The Labute approximate surface area is 88.5 Å². The SMILES string of the molecule is CCC(C)Cc1nnc(S(=O)(=O)F)n1C. The highest BCUT2D eigenvalue weighted by Gasteiger charge is 2.22. The van der Waals surface area contributed by atoms with Gasteiger partial charge in [-0.1, -0.05) is 24.2 Å². The molecule has 0 saturated carbocycles. The van der Waals surface area contributed by atoms with Crippen molar-refractivity contribution in [2.45, 2.75) is 31.8 Å². The number of rotatable bonds is 4. The molecule has 1 atom stereocenters. The minimum Gasteiger partial charge on any atom is -0.303 e. The van der Waals surface area contributed by atoms with Crippen LogP contribution in [0.25, 0.3) is 0 Å². The molecule has 0 spiro atoms. The zero-order valence-corrected chi connectivity index (χ0v) is 9.75. The van der Waals surface area contributed by atoms with Gasteiger partial charge in [0.1, 0.15) is 5.82 Å². The number of halogens is 1. The van der Waals surface area contributed by atoms with Gasteiger partial charge in [-0.3, -0.25) is 0 Å². The molecule has 0 aromatic carbocycles. The topological polar surface area (TPSA) is 64.8 Å². The van der Waals surface area contributed by atoms with Crippen molar-refractivity contribution in [1.82, 2.24) is 14.8 Å². The maximum Gasteiger partial charge on any atom is 0.368 e. The molecule has 0 N–H and O–H groups in total. The first-order valence-corrected chi connectivity index (χ1v) is 6.07. The summed E-state index contributed by atoms with van der Waals surface area (Å²) in [4.78, 5) is 0. The first-order chi connectivity index (χ1) is 6.86. The van der Waals surface area contributed by atoms with E-state index in [1.807, 2.05) is 13.8 Å². The Kier molecular flexibility index (Phi) is 3.43. The van der Waals surface area contributed by atoms with Gasteiger partial charge in [0.2, 0.25) is 0 Å². The van der Waals surface area contributed by atoms with Crippen molar-refractivity contribution in [3.63, 3.8) is 0 Å². The fraction of sp³-hybridized carbons (Fsp3) is 0.750. The van der Waals surface area contributed by atoms with Crippen molar-refractivity contribution >= 4 is 10.2 Å². The van der Waals surface area contributed by atoms with Crippen LogP contribution in [0.3, 0.4) is 0 Å². The molecule has 1 unspecified atom stereocenters. The van der Waals surface area contributed by atoms with E-state index in [1.54, 1.807) is 0 Å². The molecular weight excluding hydrogens is 221 g/mol. The van der Waals surface area contributed by atoms with Crippen molar-refractivity contribution in [1.29, 1.82) is 0 Å². The molecule has 15 heavy (non-hydrogen) atoms. The highest BCUT2D eigenvalue weighted by Crippen LogP contribution is 2.13. The van der Waals surface area contributed by atoms with Gasteiger partial charge in [0.25, 0.3) is 5.16 Å². The first kappa shape index (κ1) is 12.1. The highest BCUT2D eigenvalue weighted by molar-refractivity contribution is 7.86. The van der Waals surface area contributed by atoms with Crippen LogP contribution in [0, 0.1) is 5.92 Å². The summed E-state index contributed by atoms with van der Waals surface area (Å²) < 4.78 is 35.1. The van der Waals surface area contributed by atoms with Crippen LogP contribution in [-0.4, -0.2) is 23.2 Å². The summed E-state index contributed by atoms with van der Waals surface area (Å²) in [5, 5.41) is 6.36.